The van der Waals surface area contributed by atoms with Crippen LogP contribution >= 0.6 is 11.6 Å². The summed E-state index contributed by atoms with van der Waals surface area (Å²) in [6.45, 7) is 3.01. The van der Waals surface area contributed by atoms with E-state index in [1.807, 2.05) is 24.3 Å². The third-order valence-corrected chi connectivity index (χ3v) is 3.21. The first-order valence-corrected chi connectivity index (χ1v) is 6.97. The van der Waals surface area contributed by atoms with Gasteiger partial charge in [0.25, 0.3) is 0 Å². The van der Waals surface area contributed by atoms with E-state index in [1.54, 1.807) is 19.5 Å². The monoisotopic (exact) mass is 291 g/mol. The second-order valence-corrected chi connectivity index (χ2v) is 4.83. The number of methoxy groups -OCH3 is 1. The molecule has 0 spiro atoms. The van der Waals surface area contributed by atoms with Gasteiger partial charge in [-0.1, -0.05) is 30.7 Å². The van der Waals surface area contributed by atoms with E-state index in [0.29, 0.717) is 10.9 Å². The molecule has 0 aliphatic carbocycles. The third-order valence-electron chi connectivity index (χ3n) is 2.96. The quantitative estimate of drug-likeness (QED) is 0.888. The SMILES string of the molecule is CCCNC(c1ccc(Cl)cc1)c1nccnc1OC. The Morgan fingerprint density at radius 2 is 1.90 bits per heavy atom. The first kappa shape index (κ1) is 14.8. The molecule has 4 nitrogen and oxygen atoms in total. The van der Waals surface area contributed by atoms with Gasteiger partial charge in [-0.05, 0) is 30.7 Å². The van der Waals surface area contributed by atoms with Gasteiger partial charge in [-0.2, -0.15) is 0 Å². The Morgan fingerprint density at radius 1 is 1.20 bits per heavy atom. The van der Waals surface area contributed by atoms with Crippen LogP contribution in [0.25, 0.3) is 0 Å². The highest BCUT2D eigenvalue weighted by molar-refractivity contribution is 6.30. The first-order chi connectivity index (χ1) is 9.76. The lowest BCUT2D eigenvalue weighted by Gasteiger charge is -2.19. The number of halogens is 1. The van der Waals surface area contributed by atoms with E-state index >= 15 is 0 Å². The normalized spacial score (nSPS) is 12.2. The molecule has 2 aromatic rings. The molecule has 5 heteroatoms. The molecule has 0 fully saturated rings. The van der Waals surface area contributed by atoms with Gasteiger partial charge in [0.15, 0.2) is 0 Å². The predicted octanol–water partition coefficient (Wildman–Crippen LogP) is 3.23. The lowest BCUT2D eigenvalue weighted by molar-refractivity contribution is 0.382. The van der Waals surface area contributed by atoms with Crippen molar-refractivity contribution in [2.75, 3.05) is 13.7 Å². The second kappa shape index (κ2) is 7.22. The van der Waals surface area contributed by atoms with Crippen molar-refractivity contribution < 1.29 is 4.74 Å². The average molecular weight is 292 g/mol. The number of ether oxygens (including phenoxy) is 1. The number of hydrogen-bond donors (Lipinski definition) is 1. The second-order valence-electron chi connectivity index (χ2n) is 4.39. The van der Waals surface area contributed by atoms with Crippen LogP contribution < -0.4 is 10.1 Å². The Labute approximate surface area is 124 Å². The fourth-order valence-electron chi connectivity index (χ4n) is 2.01. The molecule has 0 radical (unpaired) electrons. The van der Waals surface area contributed by atoms with Crippen LogP contribution in [0.5, 0.6) is 5.88 Å². The maximum atomic E-state index is 5.95. The van der Waals surface area contributed by atoms with Crippen molar-refractivity contribution in [3.63, 3.8) is 0 Å². The molecular formula is C15H18ClN3O. The summed E-state index contributed by atoms with van der Waals surface area (Å²) in [5, 5.41) is 4.19. The maximum absolute atomic E-state index is 5.95. The lowest BCUT2D eigenvalue weighted by Crippen LogP contribution is -2.24. The molecule has 0 saturated carbocycles. The van der Waals surface area contributed by atoms with Crippen LogP contribution in [-0.4, -0.2) is 23.6 Å². The molecule has 0 saturated heterocycles. The zero-order valence-corrected chi connectivity index (χ0v) is 12.4. The molecular weight excluding hydrogens is 274 g/mol. The van der Waals surface area contributed by atoms with Gasteiger partial charge in [0, 0.05) is 17.4 Å². The highest BCUT2D eigenvalue weighted by Gasteiger charge is 2.19. The van der Waals surface area contributed by atoms with Gasteiger partial charge in [0.05, 0.1) is 13.2 Å². The molecule has 106 valence electrons. The fourth-order valence-corrected chi connectivity index (χ4v) is 2.13. The Morgan fingerprint density at radius 3 is 2.55 bits per heavy atom. The molecule has 1 unspecified atom stereocenters. The smallest absolute Gasteiger partial charge is 0.237 e. The van der Waals surface area contributed by atoms with Gasteiger partial charge < -0.3 is 10.1 Å². The zero-order chi connectivity index (χ0) is 14.4. The number of nitrogens with zero attached hydrogens (tertiary/aromatic N) is 2. The topological polar surface area (TPSA) is 47.0 Å². The van der Waals surface area contributed by atoms with Crippen molar-refractivity contribution in [3.8, 4) is 5.88 Å². The zero-order valence-electron chi connectivity index (χ0n) is 11.6. The number of benzene rings is 1. The summed E-state index contributed by atoms with van der Waals surface area (Å²) in [6.07, 6.45) is 4.34. The number of aromatic nitrogens is 2. The van der Waals surface area contributed by atoms with Gasteiger partial charge in [-0.3, -0.25) is 4.98 Å². The van der Waals surface area contributed by atoms with Crippen LogP contribution in [0.1, 0.15) is 30.6 Å². The Bertz CT molecular complexity index is 545. The van der Waals surface area contributed by atoms with E-state index in [4.69, 9.17) is 16.3 Å². The maximum Gasteiger partial charge on any atom is 0.237 e. The van der Waals surface area contributed by atoms with E-state index in [-0.39, 0.29) is 6.04 Å². The van der Waals surface area contributed by atoms with E-state index in [0.717, 1.165) is 24.2 Å². The van der Waals surface area contributed by atoms with Gasteiger partial charge in [-0.25, -0.2) is 4.98 Å². The summed E-state index contributed by atoms with van der Waals surface area (Å²) in [7, 11) is 1.60. The summed E-state index contributed by atoms with van der Waals surface area (Å²) in [5.41, 5.74) is 1.87. The van der Waals surface area contributed by atoms with E-state index < -0.39 is 0 Å². The van der Waals surface area contributed by atoms with Crippen molar-refractivity contribution in [1.82, 2.24) is 15.3 Å². The minimum Gasteiger partial charge on any atom is -0.480 e. The standard InChI is InChI=1S/C15H18ClN3O/c1-3-8-17-13(11-4-6-12(16)7-5-11)14-15(20-2)19-10-9-18-14/h4-7,9-10,13,17H,3,8H2,1-2H3. The molecule has 1 N–H and O–H groups in total. The average Bonchev–Trinajstić information content (AvgIpc) is 2.50. The van der Waals surface area contributed by atoms with Crippen LogP contribution in [0.2, 0.25) is 5.02 Å². The molecule has 20 heavy (non-hydrogen) atoms. The minimum atomic E-state index is -0.0594. The summed E-state index contributed by atoms with van der Waals surface area (Å²) in [5.74, 6) is 0.538. The van der Waals surface area contributed by atoms with Crippen LogP contribution in [-0.2, 0) is 0 Å². The van der Waals surface area contributed by atoms with Gasteiger partial charge in [-0.15, -0.1) is 0 Å². The highest BCUT2D eigenvalue weighted by Crippen LogP contribution is 2.27. The van der Waals surface area contributed by atoms with Gasteiger partial charge in [0.2, 0.25) is 5.88 Å². The van der Waals surface area contributed by atoms with Crippen molar-refractivity contribution in [1.29, 1.82) is 0 Å². The number of rotatable bonds is 6. The van der Waals surface area contributed by atoms with Crippen LogP contribution in [0, 0.1) is 0 Å². The first-order valence-electron chi connectivity index (χ1n) is 6.60. The van der Waals surface area contributed by atoms with Crippen molar-refractivity contribution in [3.05, 3.63) is 52.9 Å². The fraction of sp³-hybridized carbons (Fsp3) is 0.333. The van der Waals surface area contributed by atoms with Crippen LogP contribution in [0.15, 0.2) is 36.7 Å². The Hall–Kier alpha value is -1.65. The summed E-state index contributed by atoms with van der Waals surface area (Å²) in [6, 6.07) is 7.67. The molecule has 2 rings (SSSR count). The van der Waals surface area contributed by atoms with Gasteiger partial charge >= 0.3 is 0 Å². The Kier molecular flexibility index (Phi) is 5.32. The van der Waals surface area contributed by atoms with Gasteiger partial charge in [0.1, 0.15) is 5.69 Å². The molecule has 0 amide bonds. The van der Waals surface area contributed by atoms with E-state index in [9.17, 15) is 0 Å². The molecule has 1 atom stereocenters. The number of hydrogen-bond acceptors (Lipinski definition) is 4. The largest absolute Gasteiger partial charge is 0.480 e. The van der Waals surface area contributed by atoms with Crippen LogP contribution in [0.3, 0.4) is 0 Å². The van der Waals surface area contributed by atoms with Crippen molar-refractivity contribution in [2.45, 2.75) is 19.4 Å². The molecule has 1 heterocycles. The molecule has 0 aliphatic rings. The van der Waals surface area contributed by atoms with Crippen molar-refractivity contribution >= 4 is 11.6 Å². The predicted molar refractivity (Wildman–Crippen MR) is 80.2 cm³/mol. The van der Waals surface area contributed by atoms with E-state index in [1.165, 1.54) is 0 Å². The van der Waals surface area contributed by atoms with Crippen molar-refractivity contribution in [2.24, 2.45) is 0 Å². The van der Waals surface area contributed by atoms with Crippen LogP contribution in [0.4, 0.5) is 0 Å². The lowest BCUT2D eigenvalue weighted by atomic mass is 10.0. The van der Waals surface area contributed by atoms with E-state index in [2.05, 4.69) is 22.2 Å². The number of nitrogens with one attached hydrogen (secondary N) is 1. The molecule has 1 aromatic carbocycles. The summed E-state index contributed by atoms with van der Waals surface area (Å²) in [4.78, 5) is 8.64. The summed E-state index contributed by atoms with van der Waals surface area (Å²) >= 11 is 5.95. The molecule has 1 aromatic heterocycles. The third kappa shape index (κ3) is 3.46. The Balaban J connectivity index is 2.38. The minimum absolute atomic E-state index is 0.0594. The highest BCUT2D eigenvalue weighted by atomic mass is 35.5. The molecule has 0 aliphatic heterocycles. The summed E-state index contributed by atoms with van der Waals surface area (Å²) < 4.78 is 5.31. The molecule has 0 bridgehead atoms.